The van der Waals surface area contributed by atoms with Gasteiger partial charge in [-0.25, -0.2) is 4.98 Å². The van der Waals surface area contributed by atoms with Crippen LogP contribution in [-0.4, -0.2) is 126 Å². The standard InChI is InChI=1S/C35H53N7O4S/c1-24-31(47-23-38-24)27-7-5-25(6-8-27)11-14-37-33(45)29-19-28(43)21-42(29)34(46)32(35(2,3)4)39-30(44)22-41-17-15-40(16-18-41)20-26-9-12-36-13-10-26/h5-8,23,26,28-29,32,36,43H,9-22H2,1-4H3,(H,37,45)(H,39,44)/t28-,29-,32+/m0/s1. The van der Waals surface area contributed by atoms with Gasteiger partial charge in [-0.15, -0.1) is 11.3 Å². The van der Waals surface area contributed by atoms with E-state index < -0.39 is 23.6 Å². The van der Waals surface area contributed by atoms with E-state index in [9.17, 15) is 19.5 Å². The molecular weight excluding hydrogens is 614 g/mol. The molecule has 0 aliphatic carbocycles. The highest BCUT2D eigenvalue weighted by atomic mass is 32.1. The molecule has 258 valence electrons. The van der Waals surface area contributed by atoms with Crippen molar-refractivity contribution in [3.05, 3.63) is 41.0 Å². The first kappa shape index (κ1) is 35.4. The van der Waals surface area contributed by atoms with Crippen LogP contribution in [0.3, 0.4) is 0 Å². The zero-order chi connectivity index (χ0) is 33.6. The zero-order valence-corrected chi connectivity index (χ0v) is 29.3. The van der Waals surface area contributed by atoms with Crippen LogP contribution in [-0.2, 0) is 20.8 Å². The van der Waals surface area contributed by atoms with Gasteiger partial charge in [-0.2, -0.15) is 0 Å². The molecule has 0 bridgehead atoms. The van der Waals surface area contributed by atoms with Gasteiger partial charge < -0.3 is 30.9 Å². The number of carbonyl (C=O) groups excluding carboxylic acids is 3. The van der Waals surface area contributed by atoms with E-state index >= 15 is 0 Å². The van der Waals surface area contributed by atoms with Crippen molar-refractivity contribution in [1.82, 2.24) is 35.6 Å². The Kier molecular flexibility index (Phi) is 12.1. The van der Waals surface area contributed by atoms with Gasteiger partial charge in [0.1, 0.15) is 12.1 Å². The lowest BCUT2D eigenvalue weighted by molar-refractivity contribution is -0.144. The minimum absolute atomic E-state index is 0.0663. The number of likely N-dealkylation sites (tertiary alicyclic amines) is 1. The minimum atomic E-state index is -0.822. The largest absolute Gasteiger partial charge is 0.391 e. The SMILES string of the molecule is Cc1ncsc1-c1ccc(CCNC(=O)[C@@H]2C[C@H](O)CN2C(=O)[C@@H](NC(=O)CN2CCN(CC3CCNCC3)CC2)C(C)(C)C)cc1. The molecule has 3 aliphatic rings. The third kappa shape index (κ3) is 9.60. The van der Waals surface area contributed by atoms with Crippen LogP contribution in [0.1, 0.15) is 51.3 Å². The van der Waals surface area contributed by atoms with Gasteiger partial charge in [0.25, 0.3) is 0 Å². The number of nitrogens with one attached hydrogen (secondary N) is 3. The summed E-state index contributed by atoms with van der Waals surface area (Å²) < 4.78 is 0. The molecule has 2 aromatic rings. The van der Waals surface area contributed by atoms with Gasteiger partial charge in [0.15, 0.2) is 0 Å². The van der Waals surface area contributed by atoms with Gasteiger partial charge in [0, 0.05) is 52.2 Å². The molecule has 0 unspecified atom stereocenters. The van der Waals surface area contributed by atoms with Crippen LogP contribution < -0.4 is 16.0 Å². The Hall–Kier alpha value is -2.90. The van der Waals surface area contributed by atoms with E-state index in [1.807, 2.05) is 33.2 Å². The molecule has 11 nitrogen and oxygen atoms in total. The van der Waals surface area contributed by atoms with Crippen molar-refractivity contribution < 1.29 is 19.5 Å². The van der Waals surface area contributed by atoms with Crippen LogP contribution in [0.4, 0.5) is 0 Å². The van der Waals surface area contributed by atoms with Crippen molar-refractivity contribution in [1.29, 1.82) is 0 Å². The van der Waals surface area contributed by atoms with Crippen molar-refractivity contribution in [3.63, 3.8) is 0 Å². The van der Waals surface area contributed by atoms with Crippen LogP contribution in [0.25, 0.3) is 10.4 Å². The van der Waals surface area contributed by atoms with Crippen molar-refractivity contribution in [3.8, 4) is 10.4 Å². The van der Waals surface area contributed by atoms with E-state index in [0.717, 1.165) is 73.4 Å². The maximum atomic E-state index is 14.0. The molecule has 0 radical (unpaired) electrons. The number of aliphatic hydroxyl groups is 1. The maximum Gasteiger partial charge on any atom is 0.246 e. The number of aromatic nitrogens is 1. The molecule has 12 heteroatoms. The number of aryl methyl sites for hydroxylation is 1. The summed E-state index contributed by atoms with van der Waals surface area (Å²) in [5, 5.41) is 19.9. The van der Waals surface area contributed by atoms with Gasteiger partial charge in [-0.1, -0.05) is 45.0 Å². The molecule has 3 atom stereocenters. The average molecular weight is 668 g/mol. The second-order valence-electron chi connectivity index (χ2n) is 14.5. The Morgan fingerprint density at radius 2 is 1.74 bits per heavy atom. The average Bonchev–Trinajstić information content (AvgIpc) is 3.66. The molecule has 1 aromatic heterocycles. The third-order valence-electron chi connectivity index (χ3n) is 9.76. The normalized spacial score (nSPS) is 22.3. The molecular formula is C35H53N7O4S. The van der Waals surface area contributed by atoms with Gasteiger partial charge in [0.2, 0.25) is 17.7 Å². The number of hydrogen-bond donors (Lipinski definition) is 4. The van der Waals surface area contributed by atoms with E-state index in [-0.39, 0.29) is 37.2 Å². The van der Waals surface area contributed by atoms with Crippen LogP contribution >= 0.6 is 11.3 Å². The van der Waals surface area contributed by atoms with Gasteiger partial charge in [-0.3, -0.25) is 19.3 Å². The zero-order valence-electron chi connectivity index (χ0n) is 28.5. The minimum Gasteiger partial charge on any atom is -0.391 e. The highest BCUT2D eigenvalue weighted by molar-refractivity contribution is 7.13. The maximum absolute atomic E-state index is 14.0. The number of nitrogens with zero attached hydrogens (tertiary/aromatic N) is 4. The number of carbonyl (C=O) groups is 3. The van der Waals surface area contributed by atoms with Crippen LogP contribution in [0.2, 0.25) is 0 Å². The van der Waals surface area contributed by atoms with Crippen molar-refractivity contribution in [2.24, 2.45) is 11.3 Å². The number of piperidine rings is 1. The second-order valence-corrected chi connectivity index (χ2v) is 15.4. The lowest BCUT2D eigenvalue weighted by Gasteiger charge is -2.38. The van der Waals surface area contributed by atoms with E-state index in [0.29, 0.717) is 13.0 Å². The number of amides is 3. The number of β-amino-alcohol motifs (C(OH)–C–C–N with tert-alkyl or cyclic N) is 1. The Balaban J connectivity index is 1.11. The Labute approximate surface area is 283 Å². The first-order chi connectivity index (χ1) is 22.5. The summed E-state index contributed by atoms with van der Waals surface area (Å²) >= 11 is 1.62. The topological polar surface area (TPSA) is 130 Å². The number of aliphatic hydroxyl groups excluding tert-OH is 1. The molecule has 0 spiro atoms. The summed E-state index contributed by atoms with van der Waals surface area (Å²) in [6, 6.07) is 6.65. The predicted octanol–water partition coefficient (Wildman–Crippen LogP) is 1.89. The van der Waals surface area contributed by atoms with Crippen molar-refractivity contribution in [2.75, 3.05) is 65.4 Å². The van der Waals surface area contributed by atoms with Crippen LogP contribution in [0.5, 0.6) is 0 Å². The van der Waals surface area contributed by atoms with Crippen molar-refractivity contribution in [2.45, 2.75) is 71.6 Å². The summed E-state index contributed by atoms with van der Waals surface area (Å²) in [6.07, 6.45) is 2.47. The number of hydrogen-bond acceptors (Lipinski definition) is 9. The number of thiazole rings is 1. The summed E-state index contributed by atoms with van der Waals surface area (Å²) in [6.45, 7) is 15.3. The Bertz CT molecular complexity index is 1350. The van der Waals surface area contributed by atoms with E-state index in [2.05, 4.69) is 55.0 Å². The smallest absolute Gasteiger partial charge is 0.246 e. The van der Waals surface area contributed by atoms with Gasteiger partial charge in [-0.05, 0) is 61.7 Å². The molecule has 0 saturated carbocycles. The number of benzene rings is 1. The lowest BCUT2D eigenvalue weighted by Crippen LogP contribution is -2.59. The van der Waals surface area contributed by atoms with Crippen molar-refractivity contribution >= 4 is 29.1 Å². The lowest BCUT2D eigenvalue weighted by atomic mass is 9.85. The molecule has 3 fully saturated rings. The Morgan fingerprint density at radius 3 is 2.38 bits per heavy atom. The first-order valence-electron chi connectivity index (χ1n) is 17.2. The second kappa shape index (κ2) is 16.0. The van der Waals surface area contributed by atoms with Gasteiger partial charge >= 0.3 is 0 Å². The summed E-state index contributed by atoms with van der Waals surface area (Å²) in [4.78, 5) is 52.2. The van der Waals surface area contributed by atoms with E-state index in [4.69, 9.17) is 0 Å². The van der Waals surface area contributed by atoms with E-state index in [1.165, 1.54) is 17.7 Å². The van der Waals surface area contributed by atoms with E-state index in [1.54, 1.807) is 11.3 Å². The number of piperazine rings is 1. The molecule has 3 saturated heterocycles. The van der Waals surface area contributed by atoms with Crippen LogP contribution in [0.15, 0.2) is 29.8 Å². The molecule has 47 heavy (non-hydrogen) atoms. The highest BCUT2D eigenvalue weighted by Crippen LogP contribution is 2.28. The van der Waals surface area contributed by atoms with Gasteiger partial charge in [0.05, 0.1) is 28.7 Å². The van der Waals surface area contributed by atoms with Crippen LogP contribution in [0, 0.1) is 18.3 Å². The third-order valence-corrected chi connectivity index (χ3v) is 10.7. The fourth-order valence-corrected chi connectivity index (χ4v) is 7.75. The summed E-state index contributed by atoms with van der Waals surface area (Å²) in [5.41, 5.74) is 4.49. The molecule has 1 aromatic carbocycles. The number of rotatable bonds is 11. The fourth-order valence-electron chi connectivity index (χ4n) is 6.94. The molecule has 5 rings (SSSR count). The predicted molar refractivity (Wildman–Crippen MR) is 185 cm³/mol. The monoisotopic (exact) mass is 667 g/mol. The fraction of sp³-hybridized carbons (Fsp3) is 0.657. The summed E-state index contributed by atoms with van der Waals surface area (Å²) in [7, 11) is 0. The Morgan fingerprint density at radius 1 is 1.06 bits per heavy atom. The highest BCUT2D eigenvalue weighted by Gasteiger charge is 2.44. The molecule has 4 heterocycles. The first-order valence-corrected chi connectivity index (χ1v) is 18.1. The molecule has 3 amide bonds. The molecule has 3 aliphatic heterocycles. The summed E-state index contributed by atoms with van der Waals surface area (Å²) in [5.74, 6) is -0.0601. The molecule has 4 N–H and O–H groups in total. The quantitative estimate of drug-likeness (QED) is 0.286.